The van der Waals surface area contributed by atoms with Crippen LogP contribution in [0, 0.1) is 0 Å². The molecule has 6 nitrogen and oxygen atoms in total. The number of rotatable bonds is 4. The van der Waals surface area contributed by atoms with Crippen LogP contribution in [0.25, 0.3) is 11.4 Å². The van der Waals surface area contributed by atoms with Crippen LogP contribution in [0.2, 0.25) is 0 Å². The van der Waals surface area contributed by atoms with Gasteiger partial charge in [-0.3, -0.25) is 4.98 Å². The molecule has 1 aliphatic heterocycles. The number of carbonyl (C=O) groups is 1. The molecule has 2 N–H and O–H groups in total. The maximum absolute atomic E-state index is 12.3. The third-order valence-electron chi connectivity index (χ3n) is 3.74. The third-order valence-corrected chi connectivity index (χ3v) is 3.74. The van der Waals surface area contributed by atoms with Crippen molar-refractivity contribution in [3.05, 3.63) is 59.4 Å². The van der Waals surface area contributed by atoms with Crippen LogP contribution < -0.4 is 10.1 Å². The first-order valence-electron chi connectivity index (χ1n) is 7.50. The molecule has 1 aromatic heterocycles. The van der Waals surface area contributed by atoms with E-state index in [1.807, 2.05) is 4.90 Å². The number of nitrogens with zero attached hydrogens (tertiary/aromatic N) is 2. The molecule has 0 unspecified atom stereocenters. The first-order chi connectivity index (χ1) is 12.2. The summed E-state index contributed by atoms with van der Waals surface area (Å²) in [5, 5.41) is 12.3. The van der Waals surface area contributed by atoms with Crippen LogP contribution in [0.5, 0.6) is 5.75 Å². The minimum atomic E-state index is -4.75. The molecule has 2 aromatic rings. The van der Waals surface area contributed by atoms with E-state index in [1.54, 1.807) is 7.05 Å². The van der Waals surface area contributed by atoms with Crippen molar-refractivity contribution >= 4 is 17.4 Å². The Balaban J connectivity index is 1.99. The average molecular weight is 365 g/mol. The van der Waals surface area contributed by atoms with Crippen molar-refractivity contribution in [2.45, 2.75) is 6.36 Å². The van der Waals surface area contributed by atoms with Crippen molar-refractivity contribution in [2.75, 3.05) is 13.7 Å². The van der Waals surface area contributed by atoms with Gasteiger partial charge in [0.05, 0.1) is 29.3 Å². The van der Waals surface area contributed by atoms with Gasteiger partial charge in [-0.25, -0.2) is 4.79 Å². The van der Waals surface area contributed by atoms with Crippen LogP contribution in [0.15, 0.2) is 42.6 Å². The molecule has 9 heteroatoms. The zero-order chi connectivity index (χ0) is 18.9. The van der Waals surface area contributed by atoms with Gasteiger partial charge >= 0.3 is 12.3 Å². The molecular weight excluding hydrogens is 351 g/mol. The van der Waals surface area contributed by atoms with E-state index >= 15 is 0 Å². The Morgan fingerprint density at radius 3 is 2.58 bits per heavy atom. The Morgan fingerprint density at radius 2 is 1.96 bits per heavy atom. The predicted molar refractivity (Wildman–Crippen MR) is 86.9 cm³/mol. The van der Waals surface area contributed by atoms with Crippen LogP contribution >= 0.6 is 0 Å². The van der Waals surface area contributed by atoms with Gasteiger partial charge in [-0.2, -0.15) is 0 Å². The van der Waals surface area contributed by atoms with E-state index in [9.17, 15) is 18.0 Å². The maximum Gasteiger partial charge on any atom is 0.573 e. The highest BCUT2D eigenvalue weighted by Crippen LogP contribution is 2.32. The van der Waals surface area contributed by atoms with Crippen molar-refractivity contribution in [3.8, 4) is 5.75 Å². The number of hydrogen-bond acceptors (Lipinski definition) is 5. The topological polar surface area (TPSA) is 74.7 Å². The quantitative estimate of drug-likeness (QED) is 0.868. The number of pyridine rings is 1. The molecule has 2 heterocycles. The summed E-state index contributed by atoms with van der Waals surface area (Å²) in [7, 11) is 1.80. The molecule has 1 aromatic carbocycles. The summed E-state index contributed by atoms with van der Waals surface area (Å²) >= 11 is 0. The van der Waals surface area contributed by atoms with E-state index in [2.05, 4.69) is 15.0 Å². The number of hydrogen-bond donors (Lipinski definition) is 2. The second kappa shape index (κ2) is 6.58. The lowest BCUT2D eigenvalue weighted by Gasteiger charge is -2.16. The van der Waals surface area contributed by atoms with Gasteiger partial charge in [0.2, 0.25) is 0 Å². The number of aromatic carboxylic acids is 1. The van der Waals surface area contributed by atoms with E-state index in [1.165, 1.54) is 42.6 Å². The van der Waals surface area contributed by atoms with Gasteiger partial charge in [-0.1, -0.05) is 0 Å². The summed E-state index contributed by atoms with van der Waals surface area (Å²) in [6, 6.07) is 8.27. The Kier molecular flexibility index (Phi) is 4.45. The number of ether oxygens (including phenoxy) is 1. The summed E-state index contributed by atoms with van der Waals surface area (Å²) < 4.78 is 40.7. The molecule has 0 bridgehead atoms. The lowest BCUT2D eigenvalue weighted by Crippen LogP contribution is -2.18. The van der Waals surface area contributed by atoms with Gasteiger partial charge in [0.25, 0.3) is 0 Å². The number of nitrogens with one attached hydrogen (secondary N) is 1. The van der Waals surface area contributed by atoms with E-state index in [-0.39, 0.29) is 11.3 Å². The van der Waals surface area contributed by atoms with Gasteiger partial charge in [0.1, 0.15) is 5.75 Å². The normalized spacial score (nSPS) is 14.4. The number of alkyl halides is 3. The van der Waals surface area contributed by atoms with Crippen LogP contribution in [-0.2, 0) is 0 Å². The summed E-state index contributed by atoms with van der Waals surface area (Å²) in [4.78, 5) is 17.2. The molecule has 0 amide bonds. The molecule has 1 aliphatic rings. The Labute approximate surface area is 146 Å². The maximum atomic E-state index is 12.3. The highest BCUT2D eigenvalue weighted by atomic mass is 19.4. The fourth-order valence-corrected chi connectivity index (χ4v) is 2.64. The summed E-state index contributed by atoms with van der Waals surface area (Å²) in [5.41, 5.74) is 2.45. The zero-order valence-electron chi connectivity index (χ0n) is 13.5. The standard InChI is InChI=1S/C17H14F3N3O3/c1-23-9-22-14(13-8-11(16(24)25)6-7-21-13)15(23)10-2-4-12(5-3-10)26-17(18,19)20/h2-8,22H,9H2,1H3,(H,24,25). The monoisotopic (exact) mass is 365 g/mol. The fourth-order valence-electron chi connectivity index (χ4n) is 2.64. The molecule has 0 fully saturated rings. The van der Waals surface area contributed by atoms with Crippen molar-refractivity contribution in [1.29, 1.82) is 0 Å². The van der Waals surface area contributed by atoms with Gasteiger partial charge in [-0.05, 0) is 36.4 Å². The third kappa shape index (κ3) is 3.71. The molecular formula is C17H14F3N3O3. The Morgan fingerprint density at radius 1 is 1.27 bits per heavy atom. The van der Waals surface area contributed by atoms with Crippen molar-refractivity contribution in [2.24, 2.45) is 0 Å². The van der Waals surface area contributed by atoms with Crippen LogP contribution in [0.1, 0.15) is 21.6 Å². The van der Waals surface area contributed by atoms with E-state index < -0.39 is 12.3 Å². The molecule has 3 rings (SSSR count). The number of carboxylic acid groups (broad SMARTS) is 1. The van der Waals surface area contributed by atoms with Crippen molar-refractivity contribution < 1.29 is 27.8 Å². The van der Waals surface area contributed by atoms with E-state index in [4.69, 9.17) is 5.11 Å². The first kappa shape index (κ1) is 17.6. The number of halogens is 3. The van der Waals surface area contributed by atoms with Gasteiger partial charge in [0, 0.05) is 18.8 Å². The van der Waals surface area contributed by atoms with E-state index in [0.29, 0.717) is 29.3 Å². The summed E-state index contributed by atoms with van der Waals surface area (Å²) in [5.74, 6) is -1.39. The van der Waals surface area contributed by atoms with Crippen LogP contribution in [0.4, 0.5) is 13.2 Å². The lowest BCUT2D eigenvalue weighted by molar-refractivity contribution is -0.274. The first-order valence-corrected chi connectivity index (χ1v) is 7.50. The molecule has 0 saturated heterocycles. The molecule has 26 heavy (non-hydrogen) atoms. The second-order valence-corrected chi connectivity index (χ2v) is 5.56. The molecule has 136 valence electrons. The minimum absolute atomic E-state index is 0.0899. The van der Waals surface area contributed by atoms with Crippen molar-refractivity contribution in [1.82, 2.24) is 15.2 Å². The predicted octanol–water partition coefficient (Wildman–Crippen LogP) is 3.00. The highest BCUT2D eigenvalue weighted by molar-refractivity contribution is 5.93. The summed E-state index contributed by atoms with van der Waals surface area (Å²) in [6.45, 7) is 0.449. The molecule has 0 saturated carbocycles. The molecule has 0 spiro atoms. The highest BCUT2D eigenvalue weighted by Gasteiger charge is 2.31. The molecule has 0 aliphatic carbocycles. The smallest absolute Gasteiger partial charge is 0.478 e. The second-order valence-electron chi connectivity index (χ2n) is 5.56. The largest absolute Gasteiger partial charge is 0.573 e. The Hall–Kier alpha value is -3.23. The molecule has 0 radical (unpaired) electrons. The number of benzene rings is 1. The number of carboxylic acids is 1. The van der Waals surface area contributed by atoms with Gasteiger partial charge in [-0.15, -0.1) is 13.2 Å². The zero-order valence-corrected chi connectivity index (χ0v) is 13.5. The number of aromatic nitrogens is 1. The average Bonchev–Trinajstić information content (AvgIpc) is 2.96. The van der Waals surface area contributed by atoms with Gasteiger partial charge in [0.15, 0.2) is 0 Å². The van der Waals surface area contributed by atoms with Gasteiger partial charge < -0.3 is 20.1 Å². The molecule has 0 atom stereocenters. The van der Waals surface area contributed by atoms with Crippen molar-refractivity contribution in [3.63, 3.8) is 0 Å². The summed E-state index contributed by atoms with van der Waals surface area (Å²) in [6.07, 6.45) is -3.36. The lowest BCUT2D eigenvalue weighted by atomic mass is 10.1. The minimum Gasteiger partial charge on any atom is -0.478 e. The van der Waals surface area contributed by atoms with E-state index in [0.717, 1.165) is 0 Å². The SMILES string of the molecule is CN1CNC(c2cc(C(=O)O)ccn2)=C1c1ccc(OC(F)(F)F)cc1. The van der Waals surface area contributed by atoms with Crippen LogP contribution in [0.3, 0.4) is 0 Å². The fraction of sp³-hybridized carbons (Fsp3) is 0.176. The Bertz CT molecular complexity index is 864. The van der Waals surface area contributed by atoms with Crippen LogP contribution in [-0.4, -0.2) is 41.0 Å².